The zero-order chi connectivity index (χ0) is 13.3. The van der Waals surface area contributed by atoms with Crippen LogP contribution in [-0.4, -0.2) is 37.1 Å². The van der Waals surface area contributed by atoms with Crippen molar-refractivity contribution in [3.05, 3.63) is 0 Å². The smallest absolute Gasteiger partial charge is 0.0275 e. The molecule has 2 aliphatic rings. The highest BCUT2D eigenvalue weighted by molar-refractivity contribution is 4.96. The fourth-order valence-corrected chi connectivity index (χ4v) is 4.37. The highest BCUT2D eigenvalue weighted by Crippen LogP contribution is 2.35. The normalized spacial score (nSPS) is 42.7. The van der Waals surface area contributed by atoms with E-state index >= 15 is 0 Å². The van der Waals surface area contributed by atoms with Crippen molar-refractivity contribution in [2.24, 2.45) is 23.7 Å². The third-order valence-electron chi connectivity index (χ3n) is 5.42. The summed E-state index contributed by atoms with van der Waals surface area (Å²) in [5, 5.41) is 3.59. The van der Waals surface area contributed by atoms with Crippen molar-refractivity contribution in [1.29, 1.82) is 0 Å². The van der Waals surface area contributed by atoms with Gasteiger partial charge in [0.15, 0.2) is 0 Å². The fourth-order valence-electron chi connectivity index (χ4n) is 4.37. The van der Waals surface area contributed by atoms with Crippen LogP contribution in [0.15, 0.2) is 0 Å². The molecule has 1 aliphatic carbocycles. The minimum Gasteiger partial charge on any atom is -0.315 e. The molecule has 2 fully saturated rings. The minimum absolute atomic E-state index is 0.703. The monoisotopic (exact) mass is 252 g/mol. The topological polar surface area (TPSA) is 15.3 Å². The molecule has 0 aromatic heterocycles. The number of hydrogen-bond acceptors (Lipinski definition) is 2. The van der Waals surface area contributed by atoms with Crippen molar-refractivity contribution in [3.63, 3.8) is 0 Å². The van der Waals surface area contributed by atoms with Crippen molar-refractivity contribution in [3.8, 4) is 0 Å². The van der Waals surface area contributed by atoms with Crippen molar-refractivity contribution in [2.75, 3.05) is 20.1 Å². The number of hydrogen-bond donors (Lipinski definition) is 1. The van der Waals surface area contributed by atoms with Crippen molar-refractivity contribution >= 4 is 0 Å². The van der Waals surface area contributed by atoms with Crippen LogP contribution in [0.5, 0.6) is 0 Å². The summed E-state index contributed by atoms with van der Waals surface area (Å²) < 4.78 is 0. The second kappa shape index (κ2) is 5.92. The molecule has 1 N–H and O–H groups in total. The van der Waals surface area contributed by atoms with E-state index in [0.29, 0.717) is 6.04 Å². The van der Waals surface area contributed by atoms with Crippen LogP contribution in [-0.2, 0) is 0 Å². The molecule has 2 rings (SSSR count). The molecule has 1 saturated heterocycles. The van der Waals surface area contributed by atoms with Crippen LogP contribution in [0.2, 0.25) is 0 Å². The van der Waals surface area contributed by atoms with Gasteiger partial charge in [0.2, 0.25) is 0 Å². The van der Waals surface area contributed by atoms with Gasteiger partial charge in [0.1, 0.15) is 0 Å². The van der Waals surface area contributed by atoms with E-state index in [4.69, 9.17) is 0 Å². The lowest BCUT2D eigenvalue weighted by Crippen LogP contribution is -2.55. The van der Waals surface area contributed by atoms with E-state index in [0.717, 1.165) is 29.7 Å². The van der Waals surface area contributed by atoms with Gasteiger partial charge in [0.05, 0.1) is 0 Å². The highest BCUT2D eigenvalue weighted by atomic mass is 15.2. The van der Waals surface area contributed by atoms with E-state index in [2.05, 4.69) is 45.0 Å². The number of likely N-dealkylation sites (N-methyl/N-ethyl adjacent to an activating group) is 1. The Labute approximate surface area is 114 Å². The first-order valence-electron chi connectivity index (χ1n) is 7.94. The minimum atomic E-state index is 0.703. The lowest BCUT2D eigenvalue weighted by atomic mass is 9.76. The maximum atomic E-state index is 3.59. The summed E-state index contributed by atoms with van der Waals surface area (Å²) in [5.41, 5.74) is 0. The molecule has 0 amide bonds. The largest absolute Gasteiger partial charge is 0.315 e. The quantitative estimate of drug-likeness (QED) is 0.831. The summed E-state index contributed by atoms with van der Waals surface area (Å²) in [7, 11) is 2.15. The molecule has 1 aliphatic heterocycles. The van der Waals surface area contributed by atoms with Crippen molar-refractivity contribution in [2.45, 2.75) is 59.0 Å². The molecule has 5 atom stereocenters. The molecular formula is C16H32N2. The third kappa shape index (κ3) is 2.91. The van der Waals surface area contributed by atoms with E-state index in [1.54, 1.807) is 0 Å². The Balaban J connectivity index is 2.02. The van der Waals surface area contributed by atoms with Gasteiger partial charge in [0, 0.05) is 18.6 Å². The van der Waals surface area contributed by atoms with Crippen LogP contribution in [0.3, 0.4) is 0 Å². The molecule has 2 nitrogen and oxygen atoms in total. The molecule has 0 aromatic carbocycles. The van der Waals surface area contributed by atoms with Gasteiger partial charge in [0.25, 0.3) is 0 Å². The summed E-state index contributed by atoms with van der Waals surface area (Å²) in [6, 6.07) is 1.48. The molecule has 106 valence electrons. The van der Waals surface area contributed by atoms with Crippen LogP contribution in [0.4, 0.5) is 0 Å². The van der Waals surface area contributed by atoms with Gasteiger partial charge in [-0.15, -0.1) is 0 Å². The predicted octanol–water partition coefficient (Wildman–Crippen LogP) is 2.99. The highest BCUT2D eigenvalue weighted by Gasteiger charge is 2.39. The van der Waals surface area contributed by atoms with Crippen LogP contribution in [0, 0.1) is 23.7 Å². The number of nitrogens with one attached hydrogen (secondary N) is 1. The molecule has 0 aromatic rings. The first kappa shape index (κ1) is 14.3. The van der Waals surface area contributed by atoms with Gasteiger partial charge < -0.3 is 5.32 Å². The van der Waals surface area contributed by atoms with Gasteiger partial charge in [-0.25, -0.2) is 0 Å². The molecule has 0 bridgehead atoms. The number of nitrogens with zero attached hydrogens (tertiary/aromatic N) is 1. The number of likely N-dealkylation sites (tertiary alicyclic amines) is 1. The van der Waals surface area contributed by atoms with Crippen LogP contribution >= 0.6 is 0 Å². The molecule has 1 heterocycles. The van der Waals surface area contributed by atoms with Crippen molar-refractivity contribution in [1.82, 2.24) is 10.2 Å². The van der Waals surface area contributed by atoms with Gasteiger partial charge in [-0.2, -0.15) is 0 Å². The third-order valence-corrected chi connectivity index (χ3v) is 5.42. The molecule has 0 radical (unpaired) electrons. The van der Waals surface area contributed by atoms with Crippen LogP contribution < -0.4 is 5.32 Å². The summed E-state index contributed by atoms with van der Waals surface area (Å²) in [5.74, 6) is 3.50. The van der Waals surface area contributed by atoms with Gasteiger partial charge in [-0.3, -0.25) is 4.90 Å². The Morgan fingerprint density at radius 2 is 1.89 bits per heavy atom. The lowest BCUT2D eigenvalue weighted by molar-refractivity contribution is 0.0777. The Morgan fingerprint density at radius 1 is 1.17 bits per heavy atom. The SMILES string of the molecule is CNC1CC(C)CC(C)C1N1CCC(C(C)C)C1. The molecule has 5 unspecified atom stereocenters. The zero-order valence-electron chi connectivity index (χ0n) is 12.9. The standard InChI is InChI=1S/C16H32N2/c1-11(2)14-6-7-18(10-14)16-13(4)8-12(3)9-15(16)17-5/h11-17H,6-10H2,1-5H3. The average Bonchev–Trinajstić information content (AvgIpc) is 2.77. The average molecular weight is 252 g/mol. The Kier molecular flexibility index (Phi) is 4.71. The number of rotatable bonds is 3. The molecule has 2 heteroatoms. The van der Waals surface area contributed by atoms with E-state index in [-0.39, 0.29) is 0 Å². The van der Waals surface area contributed by atoms with E-state index < -0.39 is 0 Å². The summed E-state index contributed by atoms with van der Waals surface area (Å²) >= 11 is 0. The van der Waals surface area contributed by atoms with E-state index in [9.17, 15) is 0 Å². The van der Waals surface area contributed by atoms with E-state index in [1.165, 1.54) is 32.4 Å². The van der Waals surface area contributed by atoms with Gasteiger partial charge in [-0.05, 0) is 56.5 Å². The second-order valence-electron chi connectivity index (χ2n) is 7.23. The van der Waals surface area contributed by atoms with Gasteiger partial charge in [-0.1, -0.05) is 27.7 Å². The first-order valence-corrected chi connectivity index (χ1v) is 7.94. The van der Waals surface area contributed by atoms with Crippen LogP contribution in [0.1, 0.15) is 47.0 Å². The molecule has 0 spiro atoms. The Morgan fingerprint density at radius 3 is 2.44 bits per heavy atom. The maximum absolute atomic E-state index is 3.59. The van der Waals surface area contributed by atoms with Crippen LogP contribution in [0.25, 0.3) is 0 Å². The summed E-state index contributed by atoms with van der Waals surface area (Å²) in [6.07, 6.45) is 4.17. The van der Waals surface area contributed by atoms with Crippen molar-refractivity contribution < 1.29 is 0 Å². The summed E-state index contributed by atoms with van der Waals surface area (Å²) in [4.78, 5) is 2.79. The first-order chi connectivity index (χ1) is 8.52. The fraction of sp³-hybridized carbons (Fsp3) is 1.00. The van der Waals surface area contributed by atoms with E-state index in [1.807, 2.05) is 0 Å². The zero-order valence-corrected chi connectivity index (χ0v) is 12.9. The lowest BCUT2D eigenvalue weighted by Gasteiger charge is -2.44. The maximum Gasteiger partial charge on any atom is 0.0275 e. The van der Waals surface area contributed by atoms with Gasteiger partial charge >= 0.3 is 0 Å². The Hall–Kier alpha value is -0.0800. The predicted molar refractivity (Wildman–Crippen MR) is 78.7 cm³/mol. The Bertz CT molecular complexity index is 264. The molecule has 18 heavy (non-hydrogen) atoms. The molecular weight excluding hydrogens is 220 g/mol. The molecule has 1 saturated carbocycles. The summed E-state index contributed by atoms with van der Waals surface area (Å²) in [6.45, 7) is 12.3. The second-order valence-corrected chi connectivity index (χ2v) is 7.23.